The third kappa shape index (κ3) is 2.74. The first-order chi connectivity index (χ1) is 9.81. The number of nitrogens with zero attached hydrogens (tertiary/aromatic N) is 3. The number of aromatic nitrogens is 4. The summed E-state index contributed by atoms with van der Waals surface area (Å²) < 4.78 is 1.74. The summed E-state index contributed by atoms with van der Waals surface area (Å²) in [5, 5.41) is 6.87. The smallest absolute Gasteiger partial charge is 0.272 e. The van der Waals surface area contributed by atoms with E-state index >= 15 is 0 Å². The van der Waals surface area contributed by atoms with E-state index in [-0.39, 0.29) is 5.91 Å². The van der Waals surface area contributed by atoms with Crippen molar-refractivity contribution in [3.63, 3.8) is 0 Å². The fourth-order valence-corrected chi connectivity index (χ4v) is 1.86. The van der Waals surface area contributed by atoms with Crippen LogP contribution in [0.4, 0.5) is 5.69 Å². The summed E-state index contributed by atoms with van der Waals surface area (Å²) in [5.74, 6) is -0.154. The first kappa shape index (κ1) is 12.2. The lowest BCUT2D eigenvalue weighted by molar-refractivity contribution is 0.102. The Morgan fingerprint density at radius 1 is 1.25 bits per heavy atom. The van der Waals surface area contributed by atoms with Crippen molar-refractivity contribution in [2.75, 3.05) is 5.32 Å². The number of H-pyrrole nitrogens is 1. The summed E-state index contributed by atoms with van der Waals surface area (Å²) in [6.45, 7) is 0.658. The van der Waals surface area contributed by atoms with Crippen LogP contribution in [0.2, 0.25) is 0 Å². The SMILES string of the molecule is O=C(Nc1ccc(Cn2cncn2)cc1)c1ccc[nH]1. The van der Waals surface area contributed by atoms with E-state index in [2.05, 4.69) is 20.4 Å². The Hall–Kier alpha value is -2.89. The van der Waals surface area contributed by atoms with Crippen LogP contribution in [-0.2, 0) is 6.54 Å². The predicted octanol–water partition coefficient (Wildman–Crippen LogP) is 1.91. The van der Waals surface area contributed by atoms with Gasteiger partial charge in [0.05, 0.1) is 6.54 Å². The second-order valence-electron chi connectivity index (χ2n) is 4.33. The summed E-state index contributed by atoms with van der Waals surface area (Å²) >= 11 is 0. The standard InChI is InChI=1S/C14H13N5O/c20-14(13-2-1-7-16-13)18-12-5-3-11(4-6-12)8-19-10-15-9-17-19/h1-7,9-10,16H,8H2,(H,18,20). The Bertz CT molecular complexity index is 671. The minimum Gasteiger partial charge on any atom is -0.357 e. The van der Waals surface area contributed by atoms with Gasteiger partial charge in [-0.25, -0.2) is 9.67 Å². The average Bonchev–Trinajstić information content (AvgIpc) is 3.13. The van der Waals surface area contributed by atoms with Gasteiger partial charge in [-0.05, 0) is 29.8 Å². The minimum absolute atomic E-state index is 0.154. The van der Waals surface area contributed by atoms with E-state index in [1.165, 1.54) is 6.33 Å². The molecule has 2 heterocycles. The van der Waals surface area contributed by atoms with Gasteiger partial charge in [0.15, 0.2) is 0 Å². The van der Waals surface area contributed by atoms with E-state index in [0.717, 1.165) is 11.3 Å². The Morgan fingerprint density at radius 2 is 2.10 bits per heavy atom. The molecule has 20 heavy (non-hydrogen) atoms. The normalized spacial score (nSPS) is 10.4. The highest BCUT2D eigenvalue weighted by Crippen LogP contribution is 2.11. The maximum absolute atomic E-state index is 11.9. The maximum Gasteiger partial charge on any atom is 0.272 e. The van der Waals surface area contributed by atoms with Crippen LogP contribution in [0.5, 0.6) is 0 Å². The van der Waals surface area contributed by atoms with Crippen LogP contribution in [0.3, 0.4) is 0 Å². The molecule has 0 spiro atoms. The molecule has 2 aromatic heterocycles. The number of rotatable bonds is 4. The molecule has 100 valence electrons. The number of nitrogens with one attached hydrogen (secondary N) is 2. The first-order valence-corrected chi connectivity index (χ1v) is 6.17. The number of amides is 1. The Balaban J connectivity index is 1.65. The van der Waals surface area contributed by atoms with Gasteiger partial charge in [0.25, 0.3) is 5.91 Å². The lowest BCUT2D eigenvalue weighted by Crippen LogP contribution is -2.12. The van der Waals surface area contributed by atoms with Crippen LogP contribution in [0, 0.1) is 0 Å². The van der Waals surface area contributed by atoms with Crippen molar-refractivity contribution in [3.8, 4) is 0 Å². The zero-order valence-corrected chi connectivity index (χ0v) is 10.7. The number of hydrogen-bond donors (Lipinski definition) is 2. The van der Waals surface area contributed by atoms with Crippen molar-refractivity contribution in [2.24, 2.45) is 0 Å². The summed E-state index contributed by atoms with van der Waals surface area (Å²) in [7, 11) is 0. The van der Waals surface area contributed by atoms with Gasteiger partial charge < -0.3 is 10.3 Å². The molecule has 0 aliphatic heterocycles. The molecule has 0 unspecified atom stereocenters. The largest absolute Gasteiger partial charge is 0.357 e. The van der Waals surface area contributed by atoms with Crippen LogP contribution in [0.25, 0.3) is 0 Å². The number of benzene rings is 1. The number of carbonyl (C=O) groups excluding carboxylic acids is 1. The number of carbonyl (C=O) groups is 1. The van der Waals surface area contributed by atoms with Crippen LogP contribution in [-0.4, -0.2) is 25.7 Å². The molecule has 0 saturated carbocycles. The third-order valence-corrected chi connectivity index (χ3v) is 2.87. The van der Waals surface area contributed by atoms with E-state index in [1.807, 2.05) is 24.3 Å². The van der Waals surface area contributed by atoms with Gasteiger partial charge in [-0.15, -0.1) is 0 Å². The zero-order valence-electron chi connectivity index (χ0n) is 10.7. The molecule has 0 aliphatic carbocycles. The van der Waals surface area contributed by atoms with Gasteiger partial charge in [0, 0.05) is 11.9 Å². The van der Waals surface area contributed by atoms with E-state index < -0.39 is 0 Å². The quantitative estimate of drug-likeness (QED) is 0.758. The summed E-state index contributed by atoms with van der Waals surface area (Å²) in [6, 6.07) is 11.2. The van der Waals surface area contributed by atoms with Gasteiger partial charge in [0.1, 0.15) is 18.3 Å². The molecule has 0 bridgehead atoms. The Kier molecular flexibility index (Phi) is 3.28. The number of hydrogen-bond acceptors (Lipinski definition) is 3. The minimum atomic E-state index is -0.154. The van der Waals surface area contributed by atoms with Crippen LogP contribution in [0.1, 0.15) is 16.1 Å². The van der Waals surface area contributed by atoms with E-state index in [0.29, 0.717) is 12.2 Å². The molecule has 6 nitrogen and oxygen atoms in total. The van der Waals surface area contributed by atoms with Crippen molar-refractivity contribution in [1.29, 1.82) is 0 Å². The monoisotopic (exact) mass is 267 g/mol. The molecule has 0 aliphatic rings. The highest BCUT2D eigenvalue weighted by Gasteiger charge is 2.06. The fraction of sp³-hybridized carbons (Fsp3) is 0.0714. The molecule has 3 rings (SSSR count). The second kappa shape index (κ2) is 5.40. The van der Waals surface area contributed by atoms with Gasteiger partial charge >= 0.3 is 0 Å². The van der Waals surface area contributed by atoms with Crippen LogP contribution < -0.4 is 5.32 Å². The molecule has 0 fully saturated rings. The lowest BCUT2D eigenvalue weighted by atomic mass is 10.2. The van der Waals surface area contributed by atoms with Crippen LogP contribution >= 0.6 is 0 Å². The molecular weight excluding hydrogens is 254 g/mol. The van der Waals surface area contributed by atoms with Crippen molar-refractivity contribution >= 4 is 11.6 Å². The molecule has 0 atom stereocenters. The Labute approximate surface area is 115 Å². The summed E-state index contributed by atoms with van der Waals surface area (Å²) in [4.78, 5) is 18.6. The summed E-state index contributed by atoms with van der Waals surface area (Å²) in [5.41, 5.74) is 2.39. The first-order valence-electron chi connectivity index (χ1n) is 6.17. The second-order valence-corrected chi connectivity index (χ2v) is 4.33. The van der Waals surface area contributed by atoms with Gasteiger partial charge in [0.2, 0.25) is 0 Å². The van der Waals surface area contributed by atoms with Gasteiger partial charge in [-0.1, -0.05) is 12.1 Å². The molecule has 0 saturated heterocycles. The van der Waals surface area contributed by atoms with E-state index in [9.17, 15) is 4.79 Å². The lowest BCUT2D eigenvalue weighted by Gasteiger charge is -2.06. The highest BCUT2D eigenvalue weighted by molar-refractivity contribution is 6.02. The molecule has 3 aromatic rings. The predicted molar refractivity (Wildman–Crippen MR) is 74.3 cm³/mol. The van der Waals surface area contributed by atoms with Crippen LogP contribution in [0.15, 0.2) is 55.2 Å². The van der Waals surface area contributed by atoms with Gasteiger partial charge in [-0.3, -0.25) is 4.79 Å². The zero-order chi connectivity index (χ0) is 13.8. The maximum atomic E-state index is 11.9. The topological polar surface area (TPSA) is 75.6 Å². The fourth-order valence-electron chi connectivity index (χ4n) is 1.86. The molecule has 2 N–H and O–H groups in total. The molecule has 0 radical (unpaired) electrons. The Morgan fingerprint density at radius 3 is 2.75 bits per heavy atom. The highest BCUT2D eigenvalue weighted by atomic mass is 16.1. The number of anilines is 1. The van der Waals surface area contributed by atoms with E-state index in [1.54, 1.807) is 29.3 Å². The van der Waals surface area contributed by atoms with Crippen molar-refractivity contribution < 1.29 is 4.79 Å². The molecular formula is C14H13N5O. The van der Waals surface area contributed by atoms with Crippen molar-refractivity contribution in [1.82, 2.24) is 19.7 Å². The van der Waals surface area contributed by atoms with Gasteiger partial charge in [-0.2, -0.15) is 5.10 Å². The molecule has 1 aromatic carbocycles. The average molecular weight is 267 g/mol. The molecule has 1 amide bonds. The third-order valence-electron chi connectivity index (χ3n) is 2.87. The van der Waals surface area contributed by atoms with Crippen molar-refractivity contribution in [3.05, 3.63) is 66.5 Å². The summed E-state index contributed by atoms with van der Waals surface area (Å²) in [6.07, 6.45) is 4.89. The molecule has 6 heteroatoms. The van der Waals surface area contributed by atoms with Crippen molar-refractivity contribution in [2.45, 2.75) is 6.54 Å². The number of aromatic amines is 1. The van der Waals surface area contributed by atoms with E-state index in [4.69, 9.17) is 0 Å².